The smallest absolute Gasteiger partial charge is 0.0398 e. The van der Waals surface area contributed by atoms with Gasteiger partial charge in [0.1, 0.15) is 0 Å². The largest absolute Gasteiger partial charge is 0.0961 e. The van der Waals surface area contributed by atoms with Gasteiger partial charge in [0.25, 0.3) is 0 Å². The predicted octanol–water partition coefficient (Wildman–Crippen LogP) is 3.08. The van der Waals surface area contributed by atoms with Crippen LogP contribution in [0.15, 0.2) is 36.0 Å². The standard InChI is InChI=1S/C9H14/c1-5-6-9(4)7-8(2)3/h5-7H,2H2,1,3-4H3/b6-5+,9-7+. The van der Waals surface area contributed by atoms with Gasteiger partial charge in [-0.25, -0.2) is 0 Å². The number of rotatable bonds is 2. The third kappa shape index (κ3) is 5.09. The predicted molar refractivity (Wildman–Crippen MR) is 43.4 cm³/mol. The molecule has 0 aliphatic heterocycles. The number of hydrogen-bond donors (Lipinski definition) is 0. The minimum Gasteiger partial charge on any atom is -0.0961 e. The molecule has 50 valence electrons. The summed E-state index contributed by atoms with van der Waals surface area (Å²) in [4.78, 5) is 0. The first-order valence-corrected chi connectivity index (χ1v) is 3.13. The second-order valence-corrected chi connectivity index (χ2v) is 2.23. The van der Waals surface area contributed by atoms with Crippen LogP contribution in [0.1, 0.15) is 20.8 Å². The Balaban J connectivity index is 4.00. The molecule has 0 spiro atoms. The molecule has 9 heavy (non-hydrogen) atoms. The van der Waals surface area contributed by atoms with Crippen molar-refractivity contribution >= 4 is 0 Å². The summed E-state index contributed by atoms with van der Waals surface area (Å²) in [7, 11) is 0. The Kier molecular flexibility index (Phi) is 3.78. The Morgan fingerprint density at radius 3 is 2.22 bits per heavy atom. The van der Waals surface area contributed by atoms with Gasteiger partial charge in [-0.3, -0.25) is 0 Å². The van der Waals surface area contributed by atoms with Crippen molar-refractivity contribution in [2.45, 2.75) is 20.8 Å². The molecule has 0 amide bonds. The zero-order valence-electron chi connectivity index (χ0n) is 6.44. The fourth-order valence-electron chi connectivity index (χ4n) is 0.700. The Bertz CT molecular complexity index is 147. The van der Waals surface area contributed by atoms with E-state index < -0.39 is 0 Å². The van der Waals surface area contributed by atoms with Gasteiger partial charge in [0.15, 0.2) is 0 Å². The number of hydrogen-bond acceptors (Lipinski definition) is 0. The van der Waals surface area contributed by atoms with E-state index in [2.05, 4.69) is 25.7 Å². The minimum absolute atomic E-state index is 1.10. The lowest BCUT2D eigenvalue weighted by molar-refractivity contribution is 1.44. The van der Waals surface area contributed by atoms with Gasteiger partial charge in [0, 0.05) is 0 Å². The first kappa shape index (κ1) is 8.22. The Hall–Kier alpha value is -0.780. The highest BCUT2D eigenvalue weighted by atomic mass is 13.8. The van der Waals surface area contributed by atoms with Crippen molar-refractivity contribution in [2.75, 3.05) is 0 Å². The molecule has 0 N–H and O–H groups in total. The quantitative estimate of drug-likeness (QED) is 0.494. The summed E-state index contributed by atoms with van der Waals surface area (Å²) in [6, 6.07) is 0. The van der Waals surface area contributed by atoms with Crippen molar-refractivity contribution in [1.82, 2.24) is 0 Å². The highest BCUT2D eigenvalue weighted by molar-refractivity contribution is 5.24. The minimum atomic E-state index is 1.10. The Labute approximate surface area is 57.6 Å². The summed E-state index contributed by atoms with van der Waals surface area (Å²) in [6.45, 7) is 9.83. The van der Waals surface area contributed by atoms with E-state index in [0.29, 0.717) is 0 Å². The fraction of sp³-hybridized carbons (Fsp3) is 0.333. The van der Waals surface area contributed by atoms with E-state index >= 15 is 0 Å². The van der Waals surface area contributed by atoms with Gasteiger partial charge in [0.05, 0.1) is 0 Å². The second kappa shape index (κ2) is 4.13. The normalized spacial score (nSPS) is 12.6. The molecule has 0 radical (unpaired) electrons. The summed E-state index contributed by atoms with van der Waals surface area (Å²) >= 11 is 0. The van der Waals surface area contributed by atoms with E-state index in [4.69, 9.17) is 0 Å². The maximum atomic E-state index is 3.77. The lowest BCUT2D eigenvalue weighted by Crippen LogP contribution is -1.68. The molecule has 0 aromatic rings. The van der Waals surface area contributed by atoms with Crippen LogP contribution in [0.4, 0.5) is 0 Å². The van der Waals surface area contributed by atoms with Crippen molar-refractivity contribution in [3.8, 4) is 0 Å². The molecule has 0 rings (SSSR count). The highest BCUT2D eigenvalue weighted by Gasteiger charge is 1.78. The van der Waals surface area contributed by atoms with Crippen LogP contribution >= 0.6 is 0 Å². The van der Waals surface area contributed by atoms with Gasteiger partial charge < -0.3 is 0 Å². The third-order valence-corrected chi connectivity index (χ3v) is 0.904. The van der Waals surface area contributed by atoms with Crippen LogP contribution in [0.2, 0.25) is 0 Å². The van der Waals surface area contributed by atoms with Crippen LogP contribution in [0, 0.1) is 0 Å². The molecule has 0 heteroatoms. The van der Waals surface area contributed by atoms with E-state index in [9.17, 15) is 0 Å². The highest BCUT2D eigenvalue weighted by Crippen LogP contribution is 1.99. The van der Waals surface area contributed by atoms with Crippen LogP contribution in [0.3, 0.4) is 0 Å². The molecule has 0 saturated heterocycles. The molecule has 0 aliphatic carbocycles. The van der Waals surface area contributed by atoms with Crippen LogP contribution < -0.4 is 0 Å². The summed E-state index contributed by atoms with van der Waals surface area (Å²) in [6.07, 6.45) is 6.14. The van der Waals surface area contributed by atoms with Crippen LogP contribution in [0.25, 0.3) is 0 Å². The molecular weight excluding hydrogens is 108 g/mol. The van der Waals surface area contributed by atoms with Crippen LogP contribution in [-0.4, -0.2) is 0 Å². The zero-order valence-corrected chi connectivity index (χ0v) is 6.44. The van der Waals surface area contributed by atoms with Gasteiger partial charge in [-0.1, -0.05) is 36.0 Å². The molecule has 0 unspecified atom stereocenters. The Morgan fingerprint density at radius 1 is 1.33 bits per heavy atom. The Morgan fingerprint density at radius 2 is 1.89 bits per heavy atom. The molecule has 0 saturated carbocycles. The molecule has 0 aliphatic rings. The molecular formula is C9H14. The average Bonchev–Trinajstić information content (AvgIpc) is 1.63. The van der Waals surface area contributed by atoms with Crippen molar-refractivity contribution in [2.24, 2.45) is 0 Å². The maximum absolute atomic E-state index is 3.77. The molecule has 0 aromatic heterocycles. The lowest BCUT2D eigenvalue weighted by atomic mass is 10.2. The fourth-order valence-corrected chi connectivity index (χ4v) is 0.700. The summed E-state index contributed by atoms with van der Waals surface area (Å²) in [5, 5.41) is 0. The first-order valence-electron chi connectivity index (χ1n) is 3.13. The van der Waals surface area contributed by atoms with Gasteiger partial charge in [0.2, 0.25) is 0 Å². The van der Waals surface area contributed by atoms with Crippen molar-refractivity contribution < 1.29 is 0 Å². The van der Waals surface area contributed by atoms with Gasteiger partial charge in [-0.2, -0.15) is 0 Å². The lowest BCUT2D eigenvalue weighted by Gasteiger charge is -1.89. The average molecular weight is 122 g/mol. The van der Waals surface area contributed by atoms with Crippen molar-refractivity contribution in [1.29, 1.82) is 0 Å². The van der Waals surface area contributed by atoms with Crippen molar-refractivity contribution in [3.63, 3.8) is 0 Å². The SMILES string of the molecule is C=C(C)/C=C(C)/C=C/C. The third-order valence-electron chi connectivity index (χ3n) is 0.904. The van der Waals surface area contributed by atoms with Crippen molar-refractivity contribution in [3.05, 3.63) is 36.0 Å². The van der Waals surface area contributed by atoms with Gasteiger partial charge in [-0.05, 0) is 20.8 Å². The van der Waals surface area contributed by atoms with E-state index in [0.717, 1.165) is 5.57 Å². The van der Waals surface area contributed by atoms with Crippen LogP contribution in [0.5, 0.6) is 0 Å². The second-order valence-electron chi connectivity index (χ2n) is 2.23. The van der Waals surface area contributed by atoms with E-state index in [1.807, 2.05) is 19.9 Å². The van der Waals surface area contributed by atoms with Gasteiger partial charge >= 0.3 is 0 Å². The molecule has 0 nitrogen and oxygen atoms in total. The van der Waals surface area contributed by atoms with Crippen LogP contribution in [-0.2, 0) is 0 Å². The molecule has 0 fully saturated rings. The van der Waals surface area contributed by atoms with E-state index in [-0.39, 0.29) is 0 Å². The topological polar surface area (TPSA) is 0 Å². The number of allylic oxidation sites excluding steroid dienone is 5. The molecule has 0 atom stereocenters. The van der Waals surface area contributed by atoms with E-state index in [1.165, 1.54) is 5.57 Å². The molecule has 0 aromatic carbocycles. The molecule has 0 bridgehead atoms. The summed E-state index contributed by atoms with van der Waals surface area (Å²) < 4.78 is 0. The van der Waals surface area contributed by atoms with E-state index in [1.54, 1.807) is 0 Å². The maximum Gasteiger partial charge on any atom is -0.0398 e. The monoisotopic (exact) mass is 122 g/mol. The summed E-state index contributed by atoms with van der Waals surface area (Å²) in [5.41, 5.74) is 2.36. The molecule has 0 heterocycles. The summed E-state index contributed by atoms with van der Waals surface area (Å²) in [5.74, 6) is 0. The first-order chi connectivity index (χ1) is 4.16. The zero-order chi connectivity index (χ0) is 7.28. The van der Waals surface area contributed by atoms with Gasteiger partial charge in [-0.15, -0.1) is 0 Å².